The van der Waals surface area contributed by atoms with Crippen LogP contribution in [0.3, 0.4) is 0 Å². The first-order valence-electron chi connectivity index (χ1n) is 10.0. The Balaban J connectivity index is 0.00000300. The number of benzene rings is 1. The van der Waals surface area contributed by atoms with Crippen molar-refractivity contribution >= 4 is 41.0 Å². The number of guanidine groups is 1. The number of aliphatic imine (C=N–C) groups is 1. The number of fused-ring (bicyclic) bond motifs is 1. The van der Waals surface area contributed by atoms with Gasteiger partial charge in [0.1, 0.15) is 18.5 Å². The number of para-hydroxylation sites is 2. The van der Waals surface area contributed by atoms with Crippen molar-refractivity contribution in [2.75, 3.05) is 19.6 Å². The molecular weight excluding hydrogens is 479 g/mol. The summed E-state index contributed by atoms with van der Waals surface area (Å²) >= 11 is 0. The highest BCUT2D eigenvalue weighted by atomic mass is 127. The highest BCUT2D eigenvalue weighted by Crippen LogP contribution is 2.15. The smallest absolute Gasteiger partial charge is 0.191 e. The van der Waals surface area contributed by atoms with Crippen LogP contribution in [-0.4, -0.2) is 49.9 Å². The molecule has 0 amide bonds. The number of unbranched alkanes of at least 4 members (excludes halogenated alkanes) is 1. The first kappa shape index (κ1) is 23.1. The lowest BCUT2D eigenvalue weighted by Gasteiger charge is -2.11. The summed E-state index contributed by atoms with van der Waals surface area (Å²) in [5, 5.41) is 14.4. The van der Waals surface area contributed by atoms with E-state index in [9.17, 15) is 0 Å². The fraction of sp³-hybridized carbons (Fsp3) is 0.500. The molecular formula is C20H31IN8. The molecule has 3 aromatic rings. The lowest BCUT2D eigenvalue weighted by Crippen LogP contribution is -2.38. The number of nitrogens with zero attached hydrogens (tertiary/aromatic N) is 6. The third kappa shape index (κ3) is 6.98. The molecule has 3 rings (SSSR count). The number of nitrogens with one attached hydrogen (secondary N) is 2. The first-order valence-corrected chi connectivity index (χ1v) is 10.0. The molecule has 29 heavy (non-hydrogen) atoms. The van der Waals surface area contributed by atoms with Gasteiger partial charge in [-0.2, -0.15) is 0 Å². The quantitative estimate of drug-likeness (QED) is 0.190. The van der Waals surface area contributed by atoms with E-state index < -0.39 is 0 Å². The molecule has 0 bridgehead atoms. The molecule has 0 spiro atoms. The lowest BCUT2D eigenvalue weighted by atomic mass is 10.3. The van der Waals surface area contributed by atoms with Gasteiger partial charge in [-0.05, 0) is 45.2 Å². The minimum absolute atomic E-state index is 0. The summed E-state index contributed by atoms with van der Waals surface area (Å²) in [5.74, 6) is 1.95. The van der Waals surface area contributed by atoms with Gasteiger partial charge in [-0.1, -0.05) is 12.1 Å². The van der Waals surface area contributed by atoms with E-state index in [1.165, 1.54) is 5.52 Å². The molecule has 0 aliphatic carbocycles. The Morgan fingerprint density at radius 3 is 2.62 bits per heavy atom. The molecule has 9 heteroatoms. The Kier molecular flexibility index (Phi) is 9.89. The normalized spacial score (nSPS) is 11.4. The van der Waals surface area contributed by atoms with Gasteiger partial charge in [0.05, 0.1) is 11.0 Å². The van der Waals surface area contributed by atoms with E-state index in [0.29, 0.717) is 0 Å². The van der Waals surface area contributed by atoms with Crippen molar-refractivity contribution in [3.05, 3.63) is 42.7 Å². The molecule has 0 aliphatic rings. The van der Waals surface area contributed by atoms with Crippen LogP contribution in [0.4, 0.5) is 0 Å². The summed E-state index contributed by atoms with van der Waals surface area (Å²) in [6, 6.07) is 8.29. The van der Waals surface area contributed by atoms with E-state index in [1.807, 2.05) is 10.6 Å². The van der Waals surface area contributed by atoms with Crippen molar-refractivity contribution in [3.8, 4) is 0 Å². The Labute approximate surface area is 189 Å². The fourth-order valence-electron chi connectivity index (χ4n) is 3.20. The Morgan fingerprint density at radius 2 is 1.83 bits per heavy atom. The summed E-state index contributed by atoms with van der Waals surface area (Å²) in [4.78, 5) is 9.33. The zero-order valence-corrected chi connectivity index (χ0v) is 19.5. The molecule has 2 aromatic heterocycles. The second-order valence-corrected chi connectivity index (χ2v) is 6.75. The monoisotopic (exact) mass is 510 g/mol. The summed E-state index contributed by atoms with van der Waals surface area (Å²) in [5.41, 5.74) is 2.26. The van der Waals surface area contributed by atoms with Gasteiger partial charge in [0.2, 0.25) is 0 Å². The average molecular weight is 510 g/mol. The first-order chi connectivity index (χ1) is 13.8. The molecule has 2 N–H and O–H groups in total. The third-order valence-electron chi connectivity index (χ3n) is 4.60. The van der Waals surface area contributed by atoms with Crippen molar-refractivity contribution < 1.29 is 0 Å². The molecule has 2 heterocycles. The van der Waals surface area contributed by atoms with E-state index >= 15 is 0 Å². The molecule has 1 aromatic carbocycles. The van der Waals surface area contributed by atoms with E-state index in [4.69, 9.17) is 4.99 Å². The second kappa shape index (κ2) is 12.4. The topological polar surface area (TPSA) is 85.0 Å². The van der Waals surface area contributed by atoms with Gasteiger partial charge in [-0.3, -0.25) is 4.99 Å². The highest BCUT2D eigenvalue weighted by molar-refractivity contribution is 14.0. The zero-order valence-electron chi connectivity index (χ0n) is 17.2. The maximum atomic E-state index is 4.71. The minimum Gasteiger partial charge on any atom is -0.357 e. The summed E-state index contributed by atoms with van der Waals surface area (Å²) in [6.07, 6.45) is 6.64. The second-order valence-electron chi connectivity index (χ2n) is 6.75. The van der Waals surface area contributed by atoms with E-state index in [0.717, 1.165) is 69.3 Å². The van der Waals surface area contributed by atoms with Crippen LogP contribution in [0.25, 0.3) is 11.0 Å². The molecule has 158 valence electrons. The SMILES string of the molecule is CCNC(=NCCCn1c(C)nc2ccccc21)NCCCCn1cnnc1.I. The molecule has 0 aliphatic heterocycles. The van der Waals surface area contributed by atoms with Crippen molar-refractivity contribution in [2.24, 2.45) is 4.99 Å². The van der Waals surface area contributed by atoms with Crippen LogP contribution in [0, 0.1) is 6.92 Å². The highest BCUT2D eigenvalue weighted by Gasteiger charge is 2.05. The van der Waals surface area contributed by atoms with Crippen molar-refractivity contribution in [1.29, 1.82) is 0 Å². The van der Waals surface area contributed by atoms with Gasteiger partial charge >= 0.3 is 0 Å². The predicted molar refractivity (Wildman–Crippen MR) is 128 cm³/mol. The van der Waals surface area contributed by atoms with Gasteiger partial charge < -0.3 is 19.8 Å². The zero-order chi connectivity index (χ0) is 19.6. The van der Waals surface area contributed by atoms with Crippen molar-refractivity contribution in [2.45, 2.75) is 46.2 Å². The van der Waals surface area contributed by atoms with Crippen LogP contribution in [0.1, 0.15) is 32.0 Å². The van der Waals surface area contributed by atoms with Crippen LogP contribution in [0.2, 0.25) is 0 Å². The number of aromatic nitrogens is 5. The summed E-state index contributed by atoms with van der Waals surface area (Å²) < 4.78 is 4.28. The minimum atomic E-state index is 0. The molecule has 0 saturated carbocycles. The number of imidazole rings is 1. The average Bonchev–Trinajstić information content (AvgIpc) is 3.32. The maximum absolute atomic E-state index is 4.71. The summed E-state index contributed by atoms with van der Waals surface area (Å²) in [7, 11) is 0. The van der Waals surface area contributed by atoms with Gasteiger partial charge in [-0.25, -0.2) is 4.98 Å². The number of halogens is 1. The van der Waals surface area contributed by atoms with Gasteiger partial charge in [-0.15, -0.1) is 34.2 Å². The number of hydrogen-bond donors (Lipinski definition) is 2. The van der Waals surface area contributed by atoms with Crippen LogP contribution in [0.15, 0.2) is 41.9 Å². The number of hydrogen-bond acceptors (Lipinski definition) is 4. The number of rotatable bonds is 10. The fourth-order valence-corrected chi connectivity index (χ4v) is 3.20. The third-order valence-corrected chi connectivity index (χ3v) is 4.60. The Bertz CT molecular complexity index is 872. The Morgan fingerprint density at radius 1 is 1.03 bits per heavy atom. The van der Waals surface area contributed by atoms with Crippen LogP contribution < -0.4 is 10.6 Å². The van der Waals surface area contributed by atoms with E-state index in [-0.39, 0.29) is 24.0 Å². The lowest BCUT2D eigenvalue weighted by molar-refractivity contribution is 0.596. The van der Waals surface area contributed by atoms with Crippen LogP contribution >= 0.6 is 24.0 Å². The maximum Gasteiger partial charge on any atom is 0.191 e. The van der Waals surface area contributed by atoms with Crippen LogP contribution in [-0.2, 0) is 13.1 Å². The molecule has 0 fully saturated rings. The largest absolute Gasteiger partial charge is 0.357 e. The predicted octanol–water partition coefficient (Wildman–Crippen LogP) is 2.98. The van der Waals surface area contributed by atoms with Gasteiger partial charge in [0.15, 0.2) is 5.96 Å². The summed E-state index contributed by atoms with van der Waals surface area (Å²) in [6.45, 7) is 8.56. The molecule has 0 unspecified atom stereocenters. The van der Waals surface area contributed by atoms with Crippen molar-refractivity contribution in [3.63, 3.8) is 0 Å². The van der Waals surface area contributed by atoms with Crippen LogP contribution in [0.5, 0.6) is 0 Å². The van der Waals surface area contributed by atoms with E-state index in [1.54, 1.807) is 12.7 Å². The molecule has 0 saturated heterocycles. The van der Waals surface area contributed by atoms with Gasteiger partial charge in [0.25, 0.3) is 0 Å². The molecule has 0 atom stereocenters. The molecule has 8 nitrogen and oxygen atoms in total. The number of aryl methyl sites for hydroxylation is 3. The standard InChI is InChI=1S/C20H30N8.HI/c1-3-21-20(22-11-6-7-13-27-15-24-25-16-27)23-12-8-14-28-17(2)26-18-9-4-5-10-19(18)28;/h4-5,9-10,15-16H,3,6-8,11-14H2,1-2H3,(H2,21,22,23);1H. The Hall–Kier alpha value is -2.17. The van der Waals surface area contributed by atoms with Gasteiger partial charge in [0, 0.05) is 32.7 Å². The molecule has 0 radical (unpaired) electrons. The van der Waals surface area contributed by atoms with Crippen molar-refractivity contribution in [1.82, 2.24) is 34.9 Å². The van der Waals surface area contributed by atoms with E-state index in [2.05, 4.69) is 62.4 Å².